The van der Waals surface area contributed by atoms with Crippen LogP contribution in [0.4, 0.5) is 0 Å². The maximum absolute atomic E-state index is 6.40. The zero-order chi connectivity index (χ0) is 11.1. The highest BCUT2D eigenvalue weighted by atomic mass is 35.5. The summed E-state index contributed by atoms with van der Waals surface area (Å²) in [4.78, 5) is 4.40. The van der Waals surface area contributed by atoms with Crippen molar-refractivity contribution in [2.45, 2.75) is 45.4 Å². The second-order valence-electron chi connectivity index (χ2n) is 5.52. The van der Waals surface area contributed by atoms with E-state index in [1.54, 1.807) is 0 Å². The van der Waals surface area contributed by atoms with E-state index in [9.17, 15) is 0 Å². The van der Waals surface area contributed by atoms with Crippen LogP contribution in [0.3, 0.4) is 0 Å². The molecule has 1 aliphatic carbocycles. The summed E-state index contributed by atoms with van der Waals surface area (Å²) in [7, 11) is 0. The van der Waals surface area contributed by atoms with Gasteiger partial charge in [0.15, 0.2) is 0 Å². The van der Waals surface area contributed by atoms with Crippen LogP contribution in [0.2, 0.25) is 5.02 Å². The normalized spacial score (nSPS) is 16.8. The number of rotatable bonds is 2. The largest absolute Gasteiger partial charge is 0.260 e. The second-order valence-corrected chi connectivity index (χ2v) is 5.89. The molecule has 0 spiro atoms. The maximum atomic E-state index is 6.40. The molecule has 1 aliphatic rings. The Balaban J connectivity index is 2.31. The molecular formula is C13H18ClN. The summed E-state index contributed by atoms with van der Waals surface area (Å²) < 4.78 is 0. The third-order valence-corrected chi connectivity index (χ3v) is 3.37. The third kappa shape index (κ3) is 2.52. The Hall–Kier alpha value is -0.560. The smallest absolute Gasteiger partial charge is 0.0658 e. The van der Waals surface area contributed by atoms with Gasteiger partial charge < -0.3 is 0 Å². The molecule has 1 heterocycles. The molecule has 1 fully saturated rings. The molecule has 15 heavy (non-hydrogen) atoms. The van der Waals surface area contributed by atoms with Crippen LogP contribution < -0.4 is 0 Å². The van der Waals surface area contributed by atoms with Crippen molar-refractivity contribution in [3.63, 3.8) is 0 Å². The molecule has 0 bridgehead atoms. The number of aromatic nitrogens is 1. The topological polar surface area (TPSA) is 12.9 Å². The van der Waals surface area contributed by atoms with Crippen molar-refractivity contribution in [3.8, 4) is 0 Å². The second kappa shape index (κ2) is 3.79. The van der Waals surface area contributed by atoms with Crippen LogP contribution >= 0.6 is 11.6 Å². The molecule has 82 valence electrons. The summed E-state index contributed by atoms with van der Waals surface area (Å²) in [6.07, 6.45) is 5.64. The minimum absolute atomic E-state index is 0.109. The van der Waals surface area contributed by atoms with Gasteiger partial charge in [0.1, 0.15) is 0 Å². The van der Waals surface area contributed by atoms with Gasteiger partial charge in [0.2, 0.25) is 0 Å². The first-order valence-electron chi connectivity index (χ1n) is 5.62. The number of nitrogens with zero attached hydrogens (tertiary/aromatic N) is 1. The lowest BCUT2D eigenvalue weighted by Crippen LogP contribution is -2.13. The molecule has 2 rings (SSSR count). The zero-order valence-electron chi connectivity index (χ0n) is 9.68. The predicted molar refractivity (Wildman–Crippen MR) is 64.4 cm³/mol. The molecule has 0 saturated heterocycles. The summed E-state index contributed by atoms with van der Waals surface area (Å²) >= 11 is 6.40. The number of pyridine rings is 1. The van der Waals surface area contributed by atoms with Gasteiger partial charge >= 0.3 is 0 Å². The molecular weight excluding hydrogens is 206 g/mol. The van der Waals surface area contributed by atoms with E-state index in [4.69, 9.17) is 11.6 Å². The highest BCUT2D eigenvalue weighted by Gasteiger charge is 2.25. The zero-order valence-corrected chi connectivity index (χ0v) is 10.4. The highest BCUT2D eigenvalue weighted by molar-refractivity contribution is 6.32. The first-order valence-corrected chi connectivity index (χ1v) is 6.00. The standard InChI is InChI=1S/C13H18ClN/c1-13(2,3)10-6-7-15-11(12(10)14)8-9-4-5-9/h6-7,9H,4-5,8H2,1-3H3. The van der Waals surface area contributed by atoms with Crippen LogP contribution in [0.1, 0.15) is 44.9 Å². The Morgan fingerprint density at radius 2 is 2.07 bits per heavy atom. The quantitative estimate of drug-likeness (QED) is 0.739. The van der Waals surface area contributed by atoms with Crippen molar-refractivity contribution in [3.05, 3.63) is 28.5 Å². The monoisotopic (exact) mass is 223 g/mol. The van der Waals surface area contributed by atoms with Crippen molar-refractivity contribution >= 4 is 11.6 Å². The Morgan fingerprint density at radius 3 is 2.60 bits per heavy atom. The van der Waals surface area contributed by atoms with Gasteiger partial charge in [-0.2, -0.15) is 0 Å². The molecule has 0 amide bonds. The van der Waals surface area contributed by atoms with Crippen molar-refractivity contribution in [2.75, 3.05) is 0 Å². The molecule has 1 nitrogen and oxygen atoms in total. The summed E-state index contributed by atoms with van der Waals surface area (Å²) in [6.45, 7) is 6.57. The van der Waals surface area contributed by atoms with E-state index < -0.39 is 0 Å². The summed E-state index contributed by atoms with van der Waals surface area (Å²) in [5, 5.41) is 0.886. The number of hydrogen-bond acceptors (Lipinski definition) is 1. The van der Waals surface area contributed by atoms with Crippen LogP contribution in [0, 0.1) is 5.92 Å². The van der Waals surface area contributed by atoms with Gasteiger partial charge in [0, 0.05) is 6.20 Å². The van der Waals surface area contributed by atoms with Gasteiger partial charge in [0.25, 0.3) is 0 Å². The molecule has 0 aliphatic heterocycles. The molecule has 0 N–H and O–H groups in total. The van der Waals surface area contributed by atoms with Gasteiger partial charge in [-0.3, -0.25) is 4.98 Å². The lowest BCUT2D eigenvalue weighted by molar-refractivity contribution is 0.587. The van der Waals surface area contributed by atoms with E-state index in [1.165, 1.54) is 18.4 Å². The van der Waals surface area contributed by atoms with Crippen molar-refractivity contribution in [2.24, 2.45) is 5.92 Å². The molecule has 2 heteroatoms. The van der Waals surface area contributed by atoms with Crippen molar-refractivity contribution in [1.82, 2.24) is 4.98 Å². The van der Waals surface area contributed by atoms with E-state index in [-0.39, 0.29) is 5.41 Å². The SMILES string of the molecule is CC(C)(C)c1ccnc(CC2CC2)c1Cl. The summed E-state index contributed by atoms with van der Waals surface area (Å²) in [6, 6.07) is 2.04. The molecule has 1 aromatic rings. The maximum Gasteiger partial charge on any atom is 0.0658 e. The van der Waals surface area contributed by atoms with Crippen molar-refractivity contribution in [1.29, 1.82) is 0 Å². The molecule has 0 unspecified atom stereocenters. The van der Waals surface area contributed by atoms with Crippen LogP contribution in [0.25, 0.3) is 0 Å². The van der Waals surface area contributed by atoms with Gasteiger partial charge in [-0.1, -0.05) is 32.4 Å². The Bertz CT molecular complexity index is 361. The van der Waals surface area contributed by atoms with E-state index in [2.05, 4.69) is 25.8 Å². The highest BCUT2D eigenvalue weighted by Crippen LogP contribution is 2.36. The van der Waals surface area contributed by atoms with Crippen LogP contribution in [0.15, 0.2) is 12.3 Å². The number of hydrogen-bond donors (Lipinski definition) is 0. The fourth-order valence-corrected chi connectivity index (χ4v) is 2.28. The summed E-state index contributed by atoms with van der Waals surface area (Å²) in [5.74, 6) is 0.838. The first kappa shape index (κ1) is 10.9. The molecule has 1 saturated carbocycles. The van der Waals surface area contributed by atoms with E-state index in [0.717, 1.165) is 23.1 Å². The van der Waals surface area contributed by atoms with Gasteiger partial charge in [-0.15, -0.1) is 0 Å². The van der Waals surface area contributed by atoms with Gasteiger partial charge in [0.05, 0.1) is 10.7 Å². The van der Waals surface area contributed by atoms with Crippen LogP contribution in [-0.2, 0) is 11.8 Å². The Kier molecular flexibility index (Phi) is 2.76. The van der Waals surface area contributed by atoms with E-state index >= 15 is 0 Å². The van der Waals surface area contributed by atoms with Gasteiger partial charge in [-0.25, -0.2) is 0 Å². The number of halogens is 1. The van der Waals surface area contributed by atoms with Crippen LogP contribution in [0.5, 0.6) is 0 Å². The van der Waals surface area contributed by atoms with E-state index in [1.807, 2.05) is 12.3 Å². The molecule has 0 radical (unpaired) electrons. The first-order chi connectivity index (χ1) is 6.98. The average Bonchev–Trinajstić information content (AvgIpc) is 2.90. The average molecular weight is 224 g/mol. The molecule has 0 atom stereocenters. The third-order valence-electron chi connectivity index (χ3n) is 2.95. The van der Waals surface area contributed by atoms with Crippen molar-refractivity contribution < 1.29 is 0 Å². The Morgan fingerprint density at radius 1 is 1.40 bits per heavy atom. The molecule has 0 aromatic carbocycles. The lowest BCUT2D eigenvalue weighted by Gasteiger charge is -2.21. The minimum atomic E-state index is 0.109. The minimum Gasteiger partial charge on any atom is -0.260 e. The fraction of sp³-hybridized carbons (Fsp3) is 0.615. The summed E-state index contributed by atoms with van der Waals surface area (Å²) in [5.41, 5.74) is 2.42. The fourth-order valence-electron chi connectivity index (χ4n) is 1.80. The predicted octanol–water partition coefficient (Wildman–Crippen LogP) is 3.99. The van der Waals surface area contributed by atoms with E-state index in [0.29, 0.717) is 0 Å². The van der Waals surface area contributed by atoms with Crippen LogP contribution in [-0.4, -0.2) is 4.98 Å². The lowest BCUT2D eigenvalue weighted by atomic mass is 9.87. The van der Waals surface area contributed by atoms with Gasteiger partial charge in [-0.05, 0) is 42.2 Å². The Labute approximate surface area is 96.9 Å². The molecule has 1 aromatic heterocycles.